The summed E-state index contributed by atoms with van der Waals surface area (Å²) in [5, 5.41) is 0.437. The van der Waals surface area contributed by atoms with Crippen molar-refractivity contribution in [3.8, 4) is 0 Å². The van der Waals surface area contributed by atoms with Gasteiger partial charge in [0.2, 0.25) is 0 Å². The van der Waals surface area contributed by atoms with Crippen molar-refractivity contribution in [3.63, 3.8) is 0 Å². The zero-order valence-corrected chi connectivity index (χ0v) is 8.98. The minimum atomic E-state index is -4.25. The maximum absolute atomic E-state index is 12.0. The van der Waals surface area contributed by atoms with Crippen molar-refractivity contribution in [3.05, 3.63) is 23.3 Å². The Kier molecular flexibility index (Phi) is 3.47. The molecular weight excluding hydrogens is 261 g/mol. The van der Waals surface area contributed by atoms with Gasteiger partial charge in [0.25, 0.3) is 0 Å². The highest BCUT2D eigenvalue weighted by molar-refractivity contribution is 9.08. The smallest absolute Gasteiger partial charge is 0.241 e. The molecule has 6 heteroatoms. The summed E-state index contributed by atoms with van der Waals surface area (Å²) >= 11 is 3.15. The topological polar surface area (TPSA) is 25.8 Å². The fourth-order valence-corrected chi connectivity index (χ4v) is 1.49. The number of alkyl halides is 4. The fourth-order valence-electron chi connectivity index (χ4n) is 0.918. The monoisotopic (exact) mass is 268 g/mol. The van der Waals surface area contributed by atoms with E-state index in [9.17, 15) is 13.2 Å². The van der Waals surface area contributed by atoms with E-state index < -0.39 is 12.6 Å². The average molecular weight is 269 g/mol. The molecule has 0 amide bonds. The van der Waals surface area contributed by atoms with Crippen molar-refractivity contribution in [2.75, 3.05) is 0 Å². The predicted octanol–water partition coefficient (Wildman–Crippen LogP) is 2.78. The largest absolute Gasteiger partial charge is 0.396 e. The summed E-state index contributed by atoms with van der Waals surface area (Å²) in [5.74, 6) is -0.183. The molecule has 1 aromatic heterocycles. The average Bonchev–Trinajstić information content (AvgIpc) is 2.06. The highest BCUT2D eigenvalue weighted by Crippen LogP contribution is 2.20. The van der Waals surface area contributed by atoms with E-state index >= 15 is 0 Å². The zero-order valence-electron chi connectivity index (χ0n) is 7.40. The Bertz CT molecular complexity index is 325. The van der Waals surface area contributed by atoms with Crippen molar-refractivity contribution >= 4 is 15.9 Å². The molecular formula is C8H8BrF3N2. The molecule has 0 radical (unpaired) electrons. The van der Waals surface area contributed by atoms with Crippen LogP contribution >= 0.6 is 15.9 Å². The molecule has 14 heavy (non-hydrogen) atoms. The molecule has 0 aromatic carbocycles. The maximum atomic E-state index is 12.0. The molecule has 0 bridgehead atoms. The summed E-state index contributed by atoms with van der Waals surface area (Å²) in [6.07, 6.45) is -3.92. The van der Waals surface area contributed by atoms with Gasteiger partial charge in [0.05, 0.1) is 5.69 Å². The number of halogens is 4. The number of hydrogen-bond acceptors (Lipinski definition) is 2. The van der Waals surface area contributed by atoms with Gasteiger partial charge in [-0.2, -0.15) is 13.2 Å². The predicted molar refractivity (Wildman–Crippen MR) is 49.2 cm³/mol. The van der Waals surface area contributed by atoms with Crippen molar-refractivity contribution < 1.29 is 13.2 Å². The first-order chi connectivity index (χ1) is 6.42. The molecule has 0 aliphatic heterocycles. The van der Waals surface area contributed by atoms with Crippen LogP contribution in [0.4, 0.5) is 13.2 Å². The highest BCUT2D eigenvalue weighted by Gasteiger charge is 2.29. The molecule has 2 nitrogen and oxygen atoms in total. The Morgan fingerprint density at radius 1 is 1.43 bits per heavy atom. The molecule has 0 spiro atoms. The summed E-state index contributed by atoms with van der Waals surface area (Å²) in [5.41, 5.74) is 1.38. The van der Waals surface area contributed by atoms with E-state index in [2.05, 4.69) is 25.9 Å². The summed E-state index contributed by atoms with van der Waals surface area (Å²) < 4.78 is 36.0. The molecule has 0 aliphatic rings. The van der Waals surface area contributed by atoms with E-state index in [1.54, 1.807) is 6.92 Å². The van der Waals surface area contributed by atoms with E-state index in [0.717, 1.165) is 5.56 Å². The lowest BCUT2D eigenvalue weighted by Crippen LogP contribution is -2.15. The molecule has 0 saturated heterocycles. The second-order valence-corrected chi connectivity index (χ2v) is 3.40. The summed E-state index contributed by atoms with van der Waals surface area (Å²) in [6.45, 7) is 1.76. The second-order valence-electron chi connectivity index (χ2n) is 2.84. The molecule has 0 atom stereocenters. The van der Waals surface area contributed by atoms with Gasteiger partial charge in [-0.25, -0.2) is 9.97 Å². The molecule has 0 N–H and O–H groups in total. The quantitative estimate of drug-likeness (QED) is 0.771. The van der Waals surface area contributed by atoms with Gasteiger partial charge in [-0.15, -0.1) is 0 Å². The minimum Gasteiger partial charge on any atom is -0.241 e. The SMILES string of the molecule is Cc1cnc(CC(F)(F)F)nc1CBr. The van der Waals surface area contributed by atoms with Crippen LogP contribution in [0.2, 0.25) is 0 Å². The number of rotatable bonds is 2. The van der Waals surface area contributed by atoms with E-state index in [0.29, 0.717) is 11.0 Å². The van der Waals surface area contributed by atoms with Crippen LogP contribution in [0, 0.1) is 6.92 Å². The third-order valence-electron chi connectivity index (χ3n) is 1.61. The van der Waals surface area contributed by atoms with Gasteiger partial charge in [0, 0.05) is 11.5 Å². The Hall–Kier alpha value is -0.650. The maximum Gasteiger partial charge on any atom is 0.396 e. The Labute approximate surface area is 87.7 Å². The van der Waals surface area contributed by atoms with E-state index in [4.69, 9.17) is 0 Å². The Balaban J connectivity index is 2.90. The Morgan fingerprint density at radius 3 is 2.57 bits per heavy atom. The summed E-state index contributed by atoms with van der Waals surface area (Å²) in [7, 11) is 0. The molecule has 0 fully saturated rings. The Morgan fingerprint density at radius 2 is 2.07 bits per heavy atom. The van der Waals surface area contributed by atoms with Crippen LogP contribution in [0.25, 0.3) is 0 Å². The molecule has 0 aliphatic carbocycles. The van der Waals surface area contributed by atoms with Gasteiger partial charge in [-0.1, -0.05) is 15.9 Å². The first-order valence-corrected chi connectivity index (χ1v) is 4.98. The highest BCUT2D eigenvalue weighted by atomic mass is 79.9. The molecule has 0 unspecified atom stereocenters. The fraction of sp³-hybridized carbons (Fsp3) is 0.500. The lowest BCUT2D eigenvalue weighted by atomic mass is 10.2. The van der Waals surface area contributed by atoms with Crippen LogP contribution in [0.1, 0.15) is 17.1 Å². The summed E-state index contributed by atoms with van der Waals surface area (Å²) in [6, 6.07) is 0. The van der Waals surface area contributed by atoms with Gasteiger partial charge in [-0.05, 0) is 12.5 Å². The normalized spacial score (nSPS) is 11.8. The van der Waals surface area contributed by atoms with Crippen LogP contribution < -0.4 is 0 Å². The molecule has 1 heterocycles. The van der Waals surface area contributed by atoms with Gasteiger partial charge in [0.15, 0.2) is 0 Å². The van der Waals surface area contributed by atoms with Crippen molar-refractivity contribution in [1.82, 2.24) is 9.97 Å². The van der Waals surface area contributed by atoms with Crippen molar-refractivity contribution in [2.24, 2.45) is 0 Å². The lowest BCUT2D eigenvalue weighted by molar-refractivity contribution is -0.128. The van der Waals surface area contributed by atoms with E-state index in [-0.39, 0.29) is 5.82 Å². The van der Waals surface area contributed by atoms with Gasteiger partial charge < -0.3 is 0 Å². The minimum absolute atomic E-state index is 0.183. The van der Waals surface area contributed by atoms with Gasteiger partial charge in [0.1, 0.15) is 12.2 Å². The zero-order chi connectivity index (χ0) is 10.8. The van der Waals surface area contributed by atoms with Gasteiger partial charge >= 0.3 is 6.18 Å². The standard InChI is InChI=1S/C8H8BrF3N2/c1-5-4-13-7(2-8(10,11)12)14-6(5)3-9/h4H,2-3H2,1H3. The summed E-state index contributed by atoms with van der Waals surface area (Å²) in [4.78, 5) is 7.42. The molecule has 0 saturated carbocycles. The van der Waals surface area contributed by atoms with Crippen LogP contribution in [0.3, 0.4) is 0 Å². The van der Waals surface area contributed by atoms with Crippen molar-refractivity contribution in [2.45, 2.75) is 24.9 Å². The number of aromatic nitrogens is 2. The molecule has 1 aromatic rings. The van der Waals surface area contributed by atoms with Crippen LogP contribution in [0.15, 0.2) is 6.20 Å². The molecule has 1 rings (SSSR count). The molecule has 78 valence electrons. The van der Waals surface area contributed by atoms with Crippen LogP contribution in [0.5, 0.6) is 0 Å². The first-order valence-electron chi connectivity index (χ1n) is 3.86. The van der Waals surface area contributed by atoms with Crippen LogP contribution in [-0.2, 0) is 11.8 Å². The number of aryl methyl sites for hydroxylation is 1. The van der Waals surface area contributed by atoms with Crippen molar-refractivity contribution in [1.29, 1.82) is 0 Å². The van der Waals surface area contributed by atoms with Gasteiger partial charge in [-0.3, -0.25) is 0 Å². The number of hydrogen-bond donors (Lipinski definition) is 0. The number of nitrogens with zero attached hydrogens (tertiary/aromatic N) is 2. The lowest BCUT2D eigenvalue weighted by Gasteiger charge is -2.07. The first kappa shape index (κ1) is 11.4. The van der Waals surface area contributed by atoms with E-state index in [1.807, 2.05) is 0 Å². The van der Waals surface area contributed by atoms with Crippen LogP contribution in [-0.4, -0.2) is 16.1 Å². The third-order valence-corrected chi connectivity index (χ3v) is 2.14. The second kappa shape index (κ2) is 4.25. The van der Waals surface area contributed by atoms with E-state index in [1.165, 1.54) is 6.20 Å². The third kappa shape index (κ3) is 3.25.